The fraction of sp³-hybridized carbons (Fsp3) is 0.182. The molecule has 4 rings (SSSR count). The van der Waals surface area contributed by atoms with E-state index in [0.717, 1.165) is 5.56 Å². The summed E-state index contributed by atoms with van der Waals surface area (Å²) >= 11 is 1.33. The van der Waals surface area contributed by atoms with Crippen LogP contribution in [0.4, 0.5) is 0 Å². The molecule has 1 aromatic heterocycles. The molecule has 8 heteroatoms. The molecule has 1 fully saturated rings. The molecule has 0 radical (unpaired) electrons. The summed E-state index contributed by atoms with van der Waals surface area (Å²) in [5, 5.41) is 13.8. The summed E-state index contributed by atoms with van der Waals surface area (Å²) in [4.78, 5) is 42.4. The third-order valence-electron chi connectivity index (χ3n) is 4.91. The second-order valence-corrected chi connectivity index (χ2v) is 7.92. The monoisotopic (exact) mass is 421 g/mol. The number of nitrogens with zero attached hydrogens (tertiary/aromatic N) is 2. The van der Waals surface area contributed by atoms with Crippen molar-refractivity contribution < 1.29 is 19.5 Å². The van der Waals surface area contributed by atoms with Crippen molar-refractivity contribution in [3.05, 3.63) is 83.0 Å². The number of carboxylic acids is 1. The largest absolute Gasteiger partial charge is 0.479 e. The van der Waals surface area contributed by atoms with E-state index < -0.39 is 29.3 Å². The zero-order valence-electron chi connectivity index (χ0n) is 15.8. The van der Waals surface area contributed by atoms with Gasteiger partial charge in [0.1, 0.15) is 11.4 Å². The number of thioether (sulfide) groups is 1. The SMILES string of the molecule is O=C(Cc1ccccc1)NC1C(=O)N2C(C(=O)O)C(C=Cc3ccccn3)=CS[C@@H]12. The maximum absolute atomic E-state index is 12.7. The van der Waals surface area contributed by atoms with Crippen LogP contribution in [-0.2, 0) is 20.8 Å². The van der Waals surface area contributed by atoms with Gasteiger partial charge < -0.3 is 15.3 Å². The predicted octanol–water partition coefficient (Wildman–Crippen LogP) is 2.07. The highest BCUT2D eigenvalue weighted by molar-refractivity contribution is 8.03. The van der Waals surface area contributed by atoms with Crippen LogP contribution in [0, 0.1) is 0 Å². The van der Waals surface area contributed by atoms with Crippen LogP contribution in [0.25, 0.3) is 6.08 Å². The van der Waals surface area contributed by atoms with Gasteiger partial charge in [-0.25, -0.2) is 4.79 Å². The first kappa shape index (κ1) is 19.9. The number of carboxylic acid groups (broad SMARTS) is 1. The molecule has 2 N–H and O–H groups in total. The van der Waals surface area contributed by atoms with E-state index in [4.69, 9.17) is 0 Å². The molecule has 0 spiro atoms. The molecular formula is C22H19N3O4S. The van der Waals surface area contributed by atoms with E-state index in [2.05, 4.69) is 10.3 Å². The Morgan fingerprint density at radius 2 is 1.90 bits per heavy atom. The minimum atomic E-state index is -1.11. The van der Waals surface area contributed by atoms with Crippen LogP contribution in [-0.4, -0.2) is 50.2 Å². The average molecular weight is 421 g/mol. The number of aromatic nitrogens is 1. The lowest BCUT2D eigenvalue weighted by atomic mass is 9.97. The topological polar surface area (TPSA) is 99.6 Å². The van der Waals surface area contributed by atoms with E-state index >= 15 is 0 Å². The summed E-state index contributed by atoms with van der Waals surface area (Å²) in [5.74, 6) is -1.77. The fourth-order valence-electron chi connectivity index (χ4n) is 3.46. The third-order valence-corrected chi connectivity index (χ3v) is 6.10. The van der Waals surface area contributed by atoms with Crippen molar-refractivity contribution in [1.29, 1.82) is 0 Å². The number of aliphatic carboxylic acids is 1. The molecule has 0 bridgehead atoms. The number of carbonyl (C=O) groups excluding carboxylic acids is 2. The number of pyridine rings is 1. The lowest BCUT2D eigenvalue weighted by Gasteiger charge is -2.51. The van der Waals surface area contributed by atoms with Crippen molar-refractivity contribution in [3.63, 3.8) is 0 Å². The van der Waals surface area contributed by atoms with Crippen molar-refractivity contribution in [3.8, 4) is 0 Å². The van der Waals surface area contributed by atoms with Crippen LogP contribution >= 0.6 is 11.8 Å². The third kappa shape index (κ3) is 3.99. The Kier molecular flexibility index (Phi) is 5.67. The molecule has 3 heterocycles. The number of rotatable bonds is 6. The summed E-state index contributed by atoms with van der Waals surface area (Å²) in [6.45, 7) is 0. The van der Waals surface area contributed by atoms with Gasteiger partial charge in [-0.2, -0.15) is 0 Å². The van der Waals surface area contributed by atoms with Crippen LogP contribution in [0.15, 0.2) is 71.8 Å². The van der Waals surface area contributed by atoms with E-state index in [1.165, 1.54) is 16.7 Å². The highest BCUT2D eigenvalue weighted by Gasteiger charge is 2.55. The number of benzene rings is 1. The highest BCUT2D eigenvalue weighted by Crippen LogP contribution is 2.40. The number of β-lactam (4-membered cyclic amide) rings is 1. The second-order valence-electron chi connectivity index (χ2n) is 6.93. The molecule has 0 aliphatic carbocycles. The molecule has 2 aliphatic heterocycles. The number of carbonyl (C=O) groups is 3. The van der Waals surface area contributed by atoms with Crippen molar-refractivity contribution in [2.75, 3.05) is 0 Å². The van der Waals surface area contributed by atoms with Crippen LogP contribution in [0.5, 0.6) is 0 Å². The summed E-state index contributed by atoms with van der Waals surface area (Å²) in [5.41, 5.74) is 2.03. The molecule has 2 aromatic rings. The molecule has 1 aromatic carbocycles. The molecule has 1 saturated heterocycles. The number of fused-ring (bicyclic) bond motifs is 1. The van der Waals surface area contributed by atoms with Crippen LogP contribution in [0.3, 0.4) is 0 Å². The minimum Gasteiger partial charge on any atom is -0.479 e. The number of amides is 2. The fourth-order valence-corrected chi connectivity index (χ4v) is 4.67. The van der Waals surface area contributed by atoms with Crippen molar-refractivity contribution in [1.82, 2.24) is 15.2 Å². The number of hydrogen-bond acceptors (Lipinski definition) is 5. The standard InChI is InChI=1S/C22H19N3O4S/c26-17(12-14-6-2-1-3-7-14)24-18-20(27)25-19(22(28)29)15(13-30-21(18)25)9-10-16-8-4-5-11-23-16/h1-11,13,18-19,21H,12H2,(H,24,26)(H,28,29)/t18?,19?,21-/m0/s1. The Morgan fingerprint density at radius 3 is 2.60 bits per heavy atom. The Bertz CT molecular complexity index is 1020. The second kappa shape index (κ2) is 8.54. The van der Waals surface area contributed by atoms with E-state index in [9.17, 15) is 19.5 Å². The molecule has 2 unspecified atom stereocenters. The van der Waals surface area contributed by atoms with E-state index in [0.29, 0.717) is 11.3 Å². The summed E-state index contributed by atoms with van der Waals surface area (Å²) in [6, 6.07) is 12.9. The minimum absolute atomic E-state index is 0.165. The van der Waals surface area contributed by atoms with Crippen LogP contribution < -0.4 is 5.32 Å². The highest BCUT2D eigenvalue weighted by atomic mass is 32.2. The van der Waals surface area contributed by atoms with Gasteiger partial charge in [-0.3, -0.25) is 14.6 Å². The first-order chi connectivity index (χ1) is 14.5. The Balaban J connectivity index is 1.46. The van der Waals surface area contributed by atoms with Gasteiger partial charge in [-0.05, 0) is 34.8 Å². The molecule has 30 heavy (non-hydrogen) atoms. The van der Waals surface area contributed by atoms with Gasteiger partial charge in [-0.1, -0.05) is 42.5 Å². The average Bonchev–Trinajstić information content (AvgIpc) is 2.76. The normalized spacial score (nSPS) is 22.8. The van der Waals surface area contributed by atoms with Crippen molar-refractivity contribution in [2.45, 2.75) is 23.9 Å². The van der Waals surface area contributed by atoms with Gasteiger partial charge in [0.2, 0.25) is 11.8 Å². The maximum atomic E-state index is 12.7. The molecule has 0 saturated carbocycles. The Morgan fingerprint density at radius 1 is 1.13 bits per heavy atom. The first-order valence-electron chi connectivity index (χ1n) is 9.37. The molecule has 3 atom stereocenters. The number of hydrogen-bond donors (Lipinski definition) is 2. The van der Waals surface area contributed by atoms with E-state index in [1.807, 2.05) is 36.4 Å². The van der Waals surface area contributed by atoms with Crippen LogP contribution in [0.2, 0.25) is 0 Å². The molecule has 2 aliphatic rings. The van der Waals surface area contributed by atoms with Gasteiger partial charge in [0.15, 0.2) is 6.04 Å². The van der Waals surface area contributed by atoms with Gasteiger partial charge in [-0.15, -0.1) is 11.8 Å². The Labute approximate surface area is 177 Å². The summed E-state index contributed by atoms with van der Waals surface area (Å²) in [6.07, 6.45) is 5.19. The van der Waals surface area contributed by atoms with E-state index in [1.54, 1.807) is 35.9 Å². The van der Waals surface area contributed by atoms with Crippen LogP contribution in [0.1, 0.15) is 11.3 Å². The molecule has 7 nitrogen and oxygen atoms in total. The van der Waals surface area contributed by atoms with Crippen molar-refractivity contribution >= 4 is 35.6 Å². The van der Waals surface area contributed by atoms with E-state index in [-0.39, 0.29) is 12.3 Å². The van der Waals surface area contributed by atoms with Gasteiger partial charge in [0.25, 0.3) is 0 Å². The zero-order chi connectivity index (χ0) is 21.1. The first-order valence-corrected chi connectivity index (χ1v) is 10.3. The molecular weight excluding hydrogens is 402 g/mol. The van der Waals surface area contributed by atoms with Crippen molar-refractivity contribution in [2.24, 2.45) is 0 Å². The zero-order valence-corrected chi connectivity index (χ0v) is 16.7. The molecule has 2 amide bonds. The van der Waals surface area contributed by atoms with Gasteiger partial charge in [0, 0.05) is 6.20 Å². The molecule has 152 valence electrons. The lowest BCUT2D eigenvalue weighted by Crippen LogP contribution is -2.73. The quantitative estimate of drug-likeness (QED) is 0.693. The summed E-state index contributed by atoms with van der Waals surface area (Å²) in [7, 11) is 0. The smallest absolute Gasteiger partial charge is 0.331 e. The lowest BCUT2D eigenvalue weighted by molar-refractivity contribution is -0.159. The predicted molar refractivity (Wildman–Crippen MR) is 113 cm³/mol. The number of nitrogens with one attached hydrogen (secondary N) is 1. The van der Waals surface area contributed by atoms with Gasteiger partial charge >= 0.3 is 5.97 Å². The Hall–Kier alpha value is -3.39. The summed E-state index contributed by atoms with van der Waals surface area (Å²) < 4.78 is 0. The maximum Gasteiger partial charge on any atom is 0.331 e. The van der Waals surface area contributed by atoms with Gasteiger partial charge in [0.05, 0.1) is 12.1 Å².